The molecule has 0 heterocycles. The molecule has 0 atom stereocenters. The van der Waals surface area contributed by atoms with Gasteiger partial charge in [0.15, 0.2) is 22.1 Å². The predicted octanol–water partition coefficient (Wildman–Crippen LogP) is 2.06. The van der Waals surface area contributed by atoms with Crippen LogP contribution >= 0.6 is 0 Å². The number of aryl methyl sites for hydroxylation is 1. The van der Waals surface area contributed by atoms with E-state index >= 15 is 0 Å². The van der Waals surface area contributed by atoms with Gasteiger partial charge < -0.3 is 13.9 Å². The van der Waals surface area contributed by atoms with Crippen LogP contribution in [0.2, 0.25) is 0 Å². The van der Waals surface area contributed by atoms with Crippen LogP contribution in [-0.2, 0) is 20.3 Å². The summed E-state index contributed by atoms with van der Waals surface area (Å²) in [4.78, 5) is 0. The lowest BCUT2D eigenvalue weighted by molar-refractivity contribution is -0.343. The molecular weight excluding hydrogens is 289 g/mol. The van der Waals surface area contributed by atoms with Crippen molar-refractivity contribution in [2.75, 3.05) is 13.2 Å². The Morgan fingerprint density at radius 1 is 1.00 bits per heavy atom. The zero-order valence-electron chi connectivity index (χ0n) is 11.8. The van der Waals surface area contributed by atoms with Crippen LogP contribution in [0.3, 0.4) is 0 Å². The van der Waals surface area contributed by atoms with E-state index in [-0.39, 0.29) is 18.4 Å². The minimum Gasteiger partial charge on any atom is -0.380 e. The summed E-state index contributed by atoms with van der Waals surface area (Å²) in [5.74, 6) is -4.32. The van der Waals surface area contributed by atoms with Gasteiger partial charge in [-0.2, -0.15) is 0 Å². The summed E-state index contributed by atoms with van der Waals surface area (Å²) in [6, 6.07) is 1.38. The van der Waals surface area contributed by atoms with Crippen LogP contribution in [0.4, 0.5) is 13.2 Å². The Morgan fingerprint density at radius 2 is 1.55 bits per heavy atom. The lowest BCUT2D eigenvalue weighted by Crippen LogP contribution is -2.39. The van der Waals surface area contributed by atoms with Gasteiger partial charge in [0, 0.05) is 25.7 Å². The summed E-state index contributed by atoms with van der Waals surface area (Å²) >= 11 is 0. The monoisotopic (exact) mass is 308 g/mol. The summed E-state index contributed by atoms with van der Waals surface area (Å²) < 4.78 is 55.8. The molecule has 1 aromatic carbocycles. The second-order valence-corrected chi connectivity index (χ2v) is 4.52. The molecule has 0 bridgehead atoms. The quantitative estimate of drug-likeness (QED) is 0.418. The number of hydrogen-bond donors (Lipinski definition) is 0. The topological polar surface area (TPSA) is 27.7 Å². The molecule has 0 radical (unpaired) electrons. The van der Waals surface area contributed by atoms with Crippen molar-refractivity contribution in [3.05, 3.63) is 35.1 Å². The molecule has 3 nitrogen and oxygen atoms in total. The van der Waals surface area contributed by atoms with Crippen LogP contribution in [0.5, 0.6) is 0 Å². The predicted molar refractivity (Wildman–Crippen MR) is 71.6 cm³/mol. The molecular formula is C13H19F3O3Si. The standard InChI is InChI=1S/C13H19F3O3Si/c1-3-17-13(19-20,18-4-2)6-5-9-7-11(15)12(16)8-10(9)14/h7-8H,3-6H2,1-2,20H3. The lowest BCUT2D eigenvalue weighted by Gasteiger charge is -2.32. The highest BCUT2D eigenvalue weighted by Gasteiger charge is 2.31. The van der Waals surface area contributed by atoms with Gasteiger partial charge >= 0.3 is 0 Å². The van der Waals surface area contributed by atoms with E-state index in [1.807, 2.05) is 0 Å². The van der Waals surface area contributed by atoms with Crippen molar-refractivity contribution in [1.29, 1.82) is 0 Å². The molecule has 0 fully saturated rings. The molecule has 0 unspecified atom stereocenters. The summed E-state index contributed by atoms with van der Waals surface area (Å²) in [5, 5.41) is 0. The molecule has 1 rings (SSSR count). The Bertz CT molecular complexity index is 437. The maximum absolute atomic E-state index is 13.6. The SMILES string of the molecule is CCOC(CCc1cc(F)c(F)cc1F)(O[SiH3])OCC. The van der Waals surface area contributed by atoms with E-state index in [1.54, 1.807) is 13.8 Å². The molecule has 114 valence electrons. The van der Waals surface area contributed by atoms with Gasteiger partial charge in [-0.1, -0.05) is 0 Å². The van der Waals surface area contributed by atoms with Crippen molar-refractivity contribution in [2.45, 2.75) is 32.7 Å². The first-order valence-corrected chi connectivity index (χ1v) is 7.26. The van der Waals surface area contributed by atoms with Gasteiger partial charge in [0.05, 0.1) is 0 Å². The van der Waals surface area contributed by atoms with E-state index in [0.29, 0.717) is 29.8 Å². The summed E-state index contributed by atoms with van der Waals surface area (Å²) in [6.45, 7) is 4.30. The number of ether oxygens (including phenoxy) is 2. The molecule has 0 aliphatic carbocycles. The Kier molecular flexibility index (Phi) is 6.67. The Hall–Kier alpha value is -0.893. The molecule has 0 saturated carbocycles. The van der Waals surface area contributed by atoms with Crippen LogP contribution in [0.15, 0.2) is 12.1 Å². The Labute approximate surface area is 119 Å². The molecule has 7 heteroatoms. The summed E-state index contributed by atoms with van der Waals surface area (Å²) in [5.41, 5.74) is 0.0615. The second kappa shape index (κ2) is 7.77. The van der Waals surface area contributed by atoms with Crippen molar-refractivity contribution < 1.29 is 27.1 Å². The molecule has 1 aromatic rings. The number of benzene rings is 1. The fourth-order valence-corrected chi connectivity index (χ4v) is 2.33. The van der Waals surface area contributed by atoms with Crippen molar-refractivity contribution >= 4 is 10.5 Å². The van der Waals surface area contributed by atoms with E-state index < -0.39 is 23.4 Å². The van der Waals surface area contributed by atoms with Gasteiger partial charge in [-0.3, -0.25) is 0 Å². The third-order valence-corrected chi connectivity index (χ3v) is 3.45. The smallest absolute Gasteiger partial charge is 0.272 e. The van der Waals surface area contributed by atoms with E-state index in [0.717, 1.165) is 6.07 Å². The second-order valence-electron chi connectivity index (χ2n) is 4.11. The number of halogens is 3. The lowest BCUT2D eigenvalue weighted by atomic mass is 10.1. The van der Waals surface area contributed by atoms with Crippen LogP contribution in [0.1, 0.15) is 25.8 Å². The number of rotatable bonds is 8. The van der Waals surface area contributed by atoms with Crippen LogP contribution in [0, 0.1) is 17.5 Å². The highest BCUT2D eigenvalue weighted by Crippen LogP contribution is 2.23. The highest BCUT2D eigenvalue weighted by atomic mass is 28.2. The minimum absolute atomic E-state index is 0.0615. The van der Waals surface area contributed by atoms with Crippen LogP contribution in [0.25, 0.3) is 0 Å². The van der Waals surface area contributed by atoms with Gasteiger partial charge in [0.1, 0.15) is 5.82 Å². The largest absolute Gasteiger partial charge is 0.380 e. The Morgan fingerprint density at radius 3 is 2.05 bits per heavy atom. The van der Waals surface area contributed by atoms with E-state index in [9.17, 15) is 13.2 Å². The van der Waals surface area contributed by atoms with Crippen molar-refractivity contribution in [1.82, 2.24) is 0 Å². The van der Waals surface area contributed by atoms with Gasteiger partial charge in [-0.25, -0.2) is 13.2 Å². The van der Waals surface area contributed by atoms with Crippen molar-refractivity contribution in [2.24, 2.45) is 0 Å². The maximum Gasteiger partial charge on any atom is 0.272 e. The average Bonchev–Trinajstić information content (AvgIpc) is 2.41. The zero-order valence-corrected chi connectivity index (χ0v) is 13.8. The minimum atomic E-state index is -1.24. The molecule has 0 aromatic heterocycles. The molecule has 0 N–H and O–H groups in total. The van der Waals surface area contributed by atoms with E-state index in [2.05, 4.69) is 0 Å². The fourth-order valence-electron chi connectivity index (χ4n) is 1.89. The molecule has 20 heavy (non-hydrogen) atoms. The van der Waals surface area contributed by atoms with Gasteiger partial charge in [0.25, 0.3) is 5.97 Å². The van der Waals surface area contributed by atoms with E-state index in [1.165, 1.54) is 0 Å². The molecule has 0 aliphatic rings. The molecule has 0 saturated heterocycles. The number of hydrogen-bond acceptors (Lipinski definition) is 3. The Balaban J connectivity index is 2.84. The first-order valence-electron chi connectivity index (χ1n) is 6.44. The van der Waals surface area contributed by atoms with Gasteiger partial charge in [-0.05, 0) is 31.9 Å². The van der Waals surface area contributed by atoms with Gasteiger partial charge in [0.2, 0.25) is 0 Å². The fraction of sp³-hybridized carbons (Fsp3) is 0.538. The normalized spacial score (nSPS) is 12.1. The van der Waals surface area contributed by atoms with Gasteiger partial charge in [-0.15, -0.1) is 0 Å². The zero-order chi connectivity index (χ0) is 15.2. The molecule has 0 spiro atoms. The third kappa shape index (κ3) is 4.31. The molecule has 0 aliphatic heterocycles. The average molecular weight is 308 g/mol. The first kappa shape index (κ1) is 17.2. The van der Waals surface area contributed by atoms with E-state index in [4.69, 9.17) is 13.9 Å². The van der Waals surface area contributed by atoms with Crippen molar-refractivity contribution in [3.8, 4) is 0 Å². The van der Waals surface area contributed by atoms with Crippen molar-refractivity contribution in [3.63, 3.8) is 0 Å². The van der Waals surface area contributed by atoms with Crippen LogP contribution in [-0.4, -0.2) is 29.7 Å². The highest BCUT2D eigenvalue weighted by molar-refractivity contribution is 5.98. The maximum atomic E-state index is 13.6. The van der Waals surface area contributed by atoms with Crippen LogP contribution < -0.4 is 0 Å². The third-order valence-electron chi connectivity index (χ3n) is 2.83. The molecule has 0 amide bonds. The summed E-state index contributed by atoms with van der Waals surface area (Å²) in [6.07, 6.45) is 0.311. The first-order chi connectivity index (χ1) is 9.48. The summed E-state index contributed by atoms with van der Waals surface area (Å²) in [7, 11) is 0.368.